The number of hydrogen-bond donors (Lipinski definition) is 0. The molecule has 2 rings (SSSR count). The van der Waals surface area contributed by atoms with Gasteiger partial charge in [0.2, 0.25) is 0 Å². The molecule has 0 unspecified atom stereocenters. The monoisotopic (exact) mass is 178 g/mol. The quantitative estimate of drug-likeness (QED) is 0.564. The Balaban J connectivity index is 2.36. The first-order valence-electron chi connectivity index (χ1n) is 5.26. The molecule has 13 heavy (non-hydrogen) atoms. The summed E-state index contributed by atoms with van der Waals surface area (Å²) in [7, 11) is 0. The number of carbonyl (C=O) groups excluding carboxylic acids is 1. The van der Waals surface area contributed by atoms with Crippen LogP contribution < -0.4 is 0 Å². The van der Waals surface area contributed by atoms with Crippen LogP contribution in [-0.4, -0.2) is 5.78 Å². The lowest BCUT2D eigenvalue weighted by Crippen LogP contribution is -2.48. The zero-order chi connectivity index (χ0) is 9.64. The molecule has 0 N–H and O–H groups in total. The van der Waals surface area contributed by atoms with Crippen molar-refractivity contribution in [1.82, 2.24) is 0 Å². The van der Waals surface area contributed by atoms with E-state index in [4.69, 9.17) is 0 Å². The lowest BCUT2D eigenvalue weighted by molar-refractivity contribution is -0.141. The minimum absolute atomic E-state index is 0.0289. The predicted molar refractivity (Wildman–Crippen MR) is 53.4 cm³/mol. The van der Waals surface area contributed by atoms with Crippen molar-refractivity contribution >= 4 is 5.78 Å². The summed E-state index contributed by atoms with van der Waals surface area (Å²) in [5.41, 5.74) is 1.27. The highest BCUT2D eigenvalue weighted by Gasteiger charge is 2.59. The fraction of sp³-hybridized carbons (Fsp3) is 0.750. The van der Waals surface area contributed by atoms with E-state index in [1.54, 1.807) is 0 Å². The second-order valence-corrected chi connectivity index (χ2v) is 4.96. The van der Waals surface area contributed by atoms with Crippen molar-refractivity contribution in [2.24, 2.45) is 17.3 Å². The molecular formula is C12H18O. The van der Waals surface area contributed by atoms with Crippen molar-refractivity contribution in [1.29, 1.82) is 0 Å². The van der Waals surface area contributed by atoms with E-state index < -0.39 is 0 Å². The molecule has 0 heterocycles. The second kappa shape index (κ2) is 2.70. The molecule has 0 bridgehead atoms. The number of ketones is 1. The molecule has 2 aliphatic rings. The molecular weight excluding hydrogens is 160 g/mol. The summed E-state index contributed by atoms with van der Waals surface area (Å²) < 4.78 is 0. The molecule has 72 valence electrons. The number of fused-ring (bicyclic) bond motifs is 1. The Bertz CT molecular complexity index is 265. The highest BCUT2D eigenvalue weighted by Crippen LogP contribution is 2.59. The van der Waals surface area contributed by atoms with E-state index in [1.807, 2.05) is 0 Å². The van der Waals surface area contributed by atoms with Crippen molar-refractivity contribution in [3.63, 3.8) is 0 Å². The van der Waals surface area contributed by atoms with E-state index in [1.165, 1.54) is 18.4 Å². The van der Waals surface area contributed by atoms with Crippen LogP contribution in [0.15, 0.2) is 11.6 Å². The minimum Gasteiger partial charge on any atom is -0.299 e. The van der Waals surface area contributed by atoms with Crippen LogP contribution in [0.3, 0.4) is 0 Å². The normalized spacial score (nSPS) is 42.5. The first-order chi connectivity index (χ1) is 6.07. The summed E-state index contributed by atoms with van der Waals surface area (Å²) in [6.45, 7) is 6.43. The zero-order valence-electron chi connectivity index (χ0n) is 8.76. The Morgan fingerprint density at radius 2 is 2.15 bits per heavy atom. The summed E-state index contributed by atoms with van der Waals surface area (Å²) in [6, 6.07) is 0. The first-order valence-corrected chi connectivity index (χ1v) is 5.26. The standard InChI is InChI=1S/C12H18O/c1-8(2)7-12-9(3)4-5-10(12)6-11(12)13/h7,9-10H,4-6H2,1-3H3/t9-,10-,12-/m0/s1. The molecule has 2 saturated carbocycles. The lowest BCUT2D eigenvalue weighted by Gasteiger charge is -2.44. The smallest absolute Gasteiger partial charge is 0.143 e. The van der Waals surface area contributed by atoms with E-state index in [-0.39, 0.29) is 5.41 Å². The molecule has 1 heteroatoms. The van der Waals surface area contributed by atoms with Gasteiger partial charge in [-0.2, -0.15) is 0 Å². The van der Waals surface area contributed by atoms with Gasteiger partial charge in [-0.15, -0.1) is 0 Å². The molecule has 0 radical (unpaired) electrons. The summed E-state index contributed by atoms with van der Waals surface area (Å²) in [5.74, 6) is 1.74. The van der Waals surface area contributed by atoms with Crippen molar-refractivity contribution < 1.29 is 4.79 Å². The third kappa shape index (κ3) is 1.02. The fourth-order valence-corrected chi connectivity index (χ4v) is 3.19. The van der Waals surface area contributed by atoms with Crippen LogP contribution in [0.2, 0.25) is 0 Å². The van der Waals surface area contributed by atoms with Gasteiger partial charge >= 0.3 is 0 Å². The zero-order valence-corrected chi connectivity index (χ0v) is 8.76. The van der Waals surface area contributed by atoms with Crippen molar-refractivity contribution in [2.75, 3.05) is 0 Å². The van der Waals surface area contributed by atoms with Crippen LogP contribution in [0.25, 0.3) is 0 Å². The average Bonchev–Trinajstić information content (AvgIpc) is 2.27. The largest absolute Gasteiger partial charge is 0.299 e. The molecule has 2 aliphatic carbocycles. The highest BCUT2D eigenvalue weighted by molar-refractivity contribution is 5.94. The molecule has 0 spiro atoms. The maximum absolute atomic E-state index is 11.7. The summed E-state index contributed by atoms with van der Waals surface area (Å²) in [4.78, 5) is 11.7. The number of allylic oxidation sites excluding steroid dienone is 2. The van der Waals surface area contributed by atoms with Crippen LogP contribution in [0, 0.1) is 17.3 Å². The van der Waals surface area contributed by atoms with E-state index >= 15 is 0 Å². The Morgan fingerprint density at radius 1 is 1.46 bits per heavy atom. The van der Waals surface area contributed by atoms with Crippen molar-refractivity contribution in [3.05, 3.63) is 11.6 Å². The second-order valence-electron chi connectivity index (χ2n) is 4.96. The minimum atomic E-state index is -0.0289. The SMILES string of the molecule is CC(C)=C[C@@]12C(=O)C[C@@H]1CC[C@@H]2C. The van der Waals surface area contributed by atoms with Gasteiger partial charge in [0, 0.05) is 6.42 Å². The van der Waals surface area contributed by atoms with E-state index in [2.05, 4.69) is 26.8 Å². The van der Waals surface area contributed by atoms with Gasteiger partial charge in [0.1, 0.15) is 5.78 Å². The molecule has 0 aromatic rings. The van der Waals surface area contributed by atoms with Crippen LogP contribution in [0.5, 0.6) is 0 Å². The third-order valence-electron chi connectivity index (χ3n) is 3.88. The first kappa shape index (κ1) is 8.98. The highest BCUT2D eigenvalue weighted by atomic mass is 16.1. The third-order valence-corrected chi connectivity index (χ3v) is 3.88. The molecule has 1 nitrogen and oxygen atoms in total. The van der Waals surface area contributed by atoms with Gasteiger partial charge in [0.25, 0.3) is 0 Å². The Labute approximate surface area is 80.2 Å². The predicted octanol–water partition coefficient (Wildman–Crippen LogP) is 2.96. The van der Waals surface area contributed by atoms with E-state index in [9.17, 15) is 4.79 Å². The topological polar surface area (TPSA) is 17.1 Å². The Kier molecular flexibility index (Phi) is 1.86. The van der Waals surface area contributed by atoms with Gasteiger partial charge in [-0.05, 0) is 38.5 Å². The van der Waals surface area contributed by atoms with Gasteiger partial charge in [-0.25, -0.2) is 0 Å². The van der Waals surface area contributed by atoms with Gasteiger partial charge in [-0.1, -0.05) is 18.6 Å². The average molecular weight is 178 g/mol. The summed E-state index contributed by atoms with van der Waals surface area (Å²) in [5, 5.41) is 0. The number of rotatable bonds is 1. The summed E-state index contributed by atoms with van der Waals surface area (Å²) >= 11 is 0. The van der Waals surface area contributed by atoms with E-state index in [0.29, 0.717) is 17.6 Å². The molecule has 0 saturated heterocycles. The summed E-state index contributed by atoms with van der Waals surface area (Å²) in [6.07, 6.45) is 5.58. The van der Waals surface area contributed by atoms with Crippen molar-refractivity contribution in [3.8, 4) is 0 Å². The van der Waals surface area contributed by atoms with Crippen LogP contribution in [0.4, 0.5) is 0 Å². The molecule has 2 fully saturated rings. The molecule has 0 aromatic heterocycles. The van der Waals surface area contributed by atoms with Gasteiger partial charge in [0.15, 0.2) is 0 Å². The maximum atomic E-state index is 11.7. The van der Waals surface area contributed by atoms with Gasteiger partial charge in [-0.3, -0.25) is 4.79 Å². The fourth-order valence-electron chi connectivity index (χ4n) is 3.19. The van der Waals surface area contributed by atoms with E-state index in [0.717, 1.165) is 6.42 Å². The molecule has 0 aromatic carbocycles. The van der Waals surface area contributed by atoms with Crippen molar-refractivity contribution in [2.45, 2.75) is 40.0 Å². The molecule has 0 amide bonds. The Morgan fingerprint density at radius 3 is 2.62 bits per heavy atom. The molecule has 3 atom stereocenters. The number of carbonyl (C=O) groups is 1. The van der Waals surface area contributed by atoms with Gasteiger partial charge in [0.05, 0.1) is 5.41 Å². The Hall–Kier alpha value is -0.590. The van der Waals surface area contributed by atoms with Crippen LogP contribution >= 0.6 is 0 Å². The lowest BCUT2D eigenvalue weighted by atomic mass is 9.57. The number of Topliss-reactive ketones (excluding diaryl/α,β-unsaturated/α-hetero) is 1. The maximum Gasteiger partial charge on any atom is 0.143 e. The molecule has 0 aliphatic heterocycles. The number of hydrogen-bond acceptors (Lipinski definition) is 1. The van der Waals surface area contributed by atoms with Crippen LogP contribution in [0.1, 0.15) is 40.0 Å². The van der Waals surface area contributed by atoms with Gasteiger partial charge < -0.3 is 0 Å². The van der Waals surface area contributed by atoms with Crippen LogP contribution in [-0.2, 0) is 4.79 Å².